The Balaban J connectivity index is 2.14. The van der Waals surface area contributed by atoms with Gasteiger partial charge in [-0.1, -0.05) is 47.6 Å². The van der Waals surface area contributed by atoms with Crippen molar-refractivity contribution in [2.75, 3.05) is 24.1 Å². The van der Waals surface area contributed by atoms with Crippen molar-refractivity contribution in [2.45, 2.75) is 116 Å². The van der Waals surface area contributed by atoms with Crippen LogP contribution in [0.15, 0.2) is 18.2 Å². The van der Waals surface area contributed by atoms with Gasteiger partial charge in [-0.15, -0.1) is 0 Å². The number of benzene rings is 1. The summed E-state index contributed by atoms with van der Waals surface area (Å²) in [5.41, 5.74) is 10.3. The van der Waals surface area contributed by atoms with Crippen molar-refractivity contribution < 1.29 is 14.0 Å². The summed E-state index contributed by atoms with van der Waals surface area (Å²) in [5, 5.41) is 3.62. The lowest BCUT2D eigenvalue weighted by molar-refractivity contribution is 0.0252. The van der Waals surface area contributed by atoms with Crippen LogP contribution in [-0.2, 0) is 15.8 Å². The zero-order valence-electron chi connectivity index (χ0n) is 23.0. The number of nitrogen functional groups attached to an aromatic ring is 1. The molecule has 2 rings (SSSR count). The molecule has 6 nitrogen and oxygen atoms in total. The van der Waals surface area contributed by atoms with Crippen molar-refractivity contribution in [1.82, 2.24) is 4.90 Å². The summed E-state index contributed by atoms with van der Waals surface area (Å²) in [7, 11) is -1.94. The molecular formula is C27H49N3O3Si. The minimum absolute atomic E-state index is 0.129. The summed E-state index contributed by atoms with van der Waals surface area (Å²) in [5.74, 6) is 0. The lowest BCUT2D eigenvalue weighted by Gasteiger charge is -2.42. The number of amides is 1. The molecule has 0 aromatic heterocycles. The van der Waals surface area contributed by atoms with E-state index >= 15 is 0 Å². The van der Waals surface area contributed by atoms with Gasteiger partial charge in [0.05, 0.1) is 18.0 Å². The van der Waals surface area contributed by atoms with E-state index in [2.05, 4.69) is 59.0 Å². The second-order valence-corrected chi connectivity index (χ2v) is 17.3. The maximum atomic E-state index is 12.7. The first-order chi connectivity index (χ1) is 15.8. The minimum Gasteiger partial charge on any atom is -0.444 e. The van der Waals surface area contributed by atoms with E-state index < -0.39 is 13.9 Å². The summed E-state index contributed by atoms with van der Waals surface area (Å²) in [4.78, 5) is 14.5. The number of carbonyl (C=O) groups excluding carboxylic acids is 1. The van der Waals surface area contributed by atoms with Crippen LogP contribution < -0.4 is 11.1 Å². The van der Waals surface area contributed by atoms with Crippen molar-refractivity contribution in [3.8, 4) is 0 Å². The first-order valence-corrected chi connectivity index (χ1v) is 15.2. The molecule has 1 aliphatic rings. The van der Waals surface area contributed by atoms with Gasteiger partial charge in [0.1, 0.15) is 5.60 Å². The molecule has 0 aliphatic carbocycles. The van der Waals surface area contributed by atoms with Gasteiger partial charge in [0.25, 0.3) is 0 Å². The molecule has 1 aliphatic heterocycles. The molecule has 1 aromatic carbocycles. The van der Waals surface area contributed by atoms with Crippen LogP contribution in [0.1, 0.15) is 87.1 Å². The molecule has 1 fully saturated rings. The maximum absolute atomic E-state index is 12.7. The molecule has 1 atom stereocenters. The fraction of sp³-hybridized carbons (Fsp3) is 0.741. The first kappa shape index (κ1) is 28.5. The van der Waals surface area contributed by atoms with Crippen LogP contribution in [0.2, 0.25) is 16.6 Å². The Kier molecular flexibility index (Phi) is 9.89. The zero-order valence-corrected chi connectivity index (χ0v) is 24.0. The van der Waals surface area contributed by atoms with Crippen molar-refractivity contribution in [3.63, 3.8) is 0 Å². The van der Waals surface area contributed by atoms with Gasteiger partial charge >= 0.3 is 6.09 Å². The highest BCUT2D eigenvalue weighted by Crippen LogP contribution is 2.43. The van der Waals surface area contributed by atoms with Crippen LogP contribution >= 0.6 is 0 Å². The largest absolute Gasteiger partial charge is 0.444 e. The highest BCUT2D eigenvalue weighted by atomic mass is 28.4. The molecule has 0 unspecified atom stereocenters. The summed E-state index contributed by atoms with van der Waals surface area (Å²) in [6, 6.07) is 6.29. The van der Waals surface area contributed by atoms with Crippen LogP contribution in [0.5, 0.6) is 0 Å². The second-order valence-electron chi connectivity index (χ2n) is 11.8. The van der Waals surface area contributed by atoms with Crippen molar-refractivity contribution in [1.29, 1.82) is 0 Å². The van der Waals surface area contributed by atoms with E-state index in [0.29, 0.717) is 29.8 Å². The minimum atomic E-state index is -1.94. The van der Waals surface area contributed by atoms with Crippen molar-refractivity contribution in [3.05, 3.63) is 23.8 Å². The van der Waals surface area contributed by atoms with E-state index in [1.165, 1.54) is 0 Å². The van der Waals surface area contributed by atoms with Gasteiger partial charge in [-0.25, -0.2) is 4.79 Å². The lowest BCUT2D eigenvalue weighted by Crippen LogP contribution is -2.47. The molecule has 0 bridgehead atoms. The van der Waals surface area contributed by atoms with E-state index in [4.69, 9.17) is 14.9 Å². The first-order valence-electron chi connectivity index (χ1n) is 13.0. The molecule has 194 valence electrons. The SMILES string of the molecule is CC(C)[Si](OCc1ccc(N)c(N[C@@H]2CCCCN(C(=O)OC(C)(C)C)C2)c1)(C(C)C)C(C)C. The average Bonchev–Trinajstić information content (AvgIpc) is 2.94. The fourth-order valence-electron chi connectivity index (χ4n) is 5.50. The van der Waals surface area contributed by atoms with E-state index in [-0.39, 0.29) is 12.1 Å². The van der Waals surface area contributed by atoms with Crippen molar-refractivity contribution >= 4 is 25.8 Å². The third-order valence-electron chi connectivity index (χ3n) is 7.00. The van der Waals surface area contributed by atoms with E-state index in [9.17, 15) is 4.79 Å². The highest BCUT2D eigenvalue weighted by molar-refractivity contribution is 6.77. The Labute approximate surface area is 209 Å². The number of hydrogen-bond donors (Lipinski definition) is 2. The number of nitrogens with two attached hydrogens (primary N) is 1. The molecule has 0 spiro atoms. The monoisotopic (exact) mass is 491 g/mol. The number of nitrogens with zero attached hydrogens (tertiary/aromatic N) is 1. The van der Waals surface area contributed by atoms with Crippen LogP contribution in [0, 0.1) is 0 Å². The zero-order chi connectivity index (χ0) is 25.7. The average molecular weight is 492 g/mol. The van der Waals surface area contributed by atoms with Gasteiger partial charge in [-0.05, 0) is 74.4 Å². The predicted octanol–water partition coefficient (Wildman–Crippen LogP) is 7.16. The quantitative estimate of drug-likeness (QED) is 0.298. The third kappa shape index (κ3) is 7.38. The van der Waals surface area contributed by atoms with Crippen LogP contribution in [0.3, 0.4) is 0 Å². The van der Waals surface area contributed by atoms with Gasteiger partial charge in [0.2, 0.25) is 8.32 Å². The molecule has 7 heteroatoms. The predicted molar refractivity (Wildman–Crippen MR) is 146 cm³/mol. The molecule has 1 amide bonds. The maximum Gasteiger partial charge on any atom is 0.410 e. The molecular weight excluding hydrogens is 442 g/mol. The van der Waals surface area contributed by atoms with Gasteiger partial charge in [-0.3, -0.25) is 0 Å². The van der Waals surface area contributed by atoms with E-state index in [1.807, 2.05) is 31.7 Å². The molecule has 1 heterocycles. The molecule has 1 saturated heterocycles. The van der Waals surface area contributed by atoms with Gasteiger partial charge in [0.15, 0.2) is 0 Å². The third-order valence-corrected chi connectivity index (χ3v) is 13.1. The van der Waals surface area contributed by atoms with Crippen LogP contribution in [0.4, 0.5) is 16.2 Å². The summed E-state index contributed by atoms with van der Waals surface area (Å²) in [6.07, 6.45) is 2.79. The number of hydrogen-bond acceptors (Lipinski definition) is 5. The van der Waals surface area contributed by atoms with Gasteiger partial charge < -0.3 is 25.1 Å². The number of nitrogens with one attached hydrogen (secondary N) is 1. The number of rotatable bonds is 8. The molecule has 3 N–H and O–H groups in total. The number of likely N-dealkylation sites (tertiary alicyclic amines) is 1. The van der Waals surface area contributed by atoms with E-state index in [1.54, 1.807) is 0 Å². The topological polar surface area (TPSA) is 76.8 Å². The Hall–Kier alpha value is -1.73. The Bertz CT molecular complexity index is 783. The molecule has 0 saturated carbocycles. The molecule has 0 radical (unpaired) electrons. The van der Waals surface area contributed by atoms with Crippen LogP contribution in [-0.4, -0.2) is 44.0 Å². The van der Waals surface area contributed by atoms with Gasteiger partial charge in [0, 0.05) is 19.1 Å². The fourth-order valence-corrected chi connectivity index (χ4v) is 10.9. The number of carbonyl (C=O) groups is 1. The molecule has 34 heavy (non-hydrogen) atoms. The van der Waals surface area contributed by atoms with Crippen LogP contribution in [0.25, 0.3) is 0 Å². The summed E-state index contributed by atoms with van der Waals surface area (Å²) < 4.78 is 12.4. The summed E-state index contributed by atoms with van der Waals surface area (Å²) in [6.45, 7) is 21.5. The lowest BCUT2D eigenvalue weighted by atomic mass is 10.1. The number of anilines is 2. The summed E-state index contributed by atoms with van der Waals surface area (Å²) >= 11 is 0. The highest BCUT2D eigenvalue weighted by Gasteiger charge is 2.45. The normalized spacial score (nSPS) is 17.9. The second kappa shape index (κ2) is 11.8. The molecule has 1 aromatic rings. The van der Waals surface area contributed by atoms with E-state index in [0.717, 1.165) is 42.7 Å². The van der Waals surface area contributed by atoms with Gasteiger partial charge in [-0.2, -0.15) is 0 Å². The number of ether oxygens (including phenoxy) is 1. The Morgan fingerprint density at radius 2 is 1.74 bits per heavy atom. The standard InChI is InChI=1S/C27H49N3O3Si/c1-19(2)34(20(3)4,21(5)6)32-18-22-13-14-24(28)25(16-22)29-23-12-10-11-15-30(17-23)26(31)33-27(7,8)9/h13-14,16,19-21,23,29H,10-12,15,17-18,28H2,1-9H3/t23-/m1/s1. The Morgan fingerprint density at radius 3 is 2.29 bits per heavy atom. The smallest absolute Gasteiger partial charge is 0.410 e. The van der Waals surface area contributed by atoms with Crippen molar-refractivity contribution in [2.24, 2.45) is 0 Å². The Morgan fingerprint density at radius 1 is 1.12 bits per heavy atom.